The van der Waals surface area contributed by atoms with Gasteiger partial charge in [-0.25, -0.2) is 18.3 Å². The lowest BCUT2D eigenvalue weighted by Crippen LogP contribution is -2.38. The molecule has 7 nitrogen and oxygen atoms in total. The summed E-state index contributed by atoms with van der Waals surface area (Å²) >= 11 is 5.87. The first-order valence-electron chi connectivity index (χ1n) is 10.0. The van der Waals surface area contributed by atoms with Crippen LogP contribution in [0.4, 0.5) is 8.78 Å². The summed E-state index contributed by atoms with van der Waals surface area (Å²) in [6, 6.07) is 4.72. The lowest BCUT2D eigenvalue weighted by atomic mass is 9.81. The zero-order valence-electron chi connectivity index (χ0n) is 16.6. The van der Waals surface area contributed by atoms with Crippen LogP contribution in [0.5, 0.6) is 0 Å². The van der Waals surface area contributed by atoms with Crippen molar-refractivity contribution < 1.29 is 13.6 Å². The number of alkyl halides is 3. The number of rotatable bonds is 6. The minimum absolute atomic E-state index is 0.149. The number of nitrogens with zero attached hydrogens (tertiary/aromatic N) is 5. The van der Waals surface area contributed by atoms with E-state index in [4.69, 9.17) is 11.6 Å². The number of carbonyl (C=O) groups is 1. The van der Waals surface area contributed by atoms with Crippen LogP contribution in [0.1, 0.15) is 60.5 Å². The minimum atomic E-state index is -2.65. The summed E-state index contributed by atoms with van der Waals surface area (Å²) < 4.78 is 30.7. The Morgan fingerprint density at radius 2 is 2.10 bits per heavy atom. The van der Waals surface area contributed by atoms with E-state index in [0.29, 0.717) is 42.1 Å². The molecule has 1 amide bonds. The third-order valence-electron chi connectivity index (χ3n) is 5.62. The highest BCUT2D eigenvalue weighted by atomic mass is 35.5. The highest BCUT2D eigenvalue weighted by molar-refractivity contribution is 6.16. The fraction of sp³-hybridized carbons (Fsp3) is 0.500. The maximum absolute atomic E-state index is 13.7. The van der Waals surface area contributed by atoms with Crippen molar-refractivity contribution in [3.63, 3.8) is 0 Å². The predicted molar refractivity (Wildman–Crippen MR) is 108 cm³/mol. The average Bonchev–Trinajstić information content (AvgIpc) is 3.38. The number of aryl methyl sites for hydroxylation is 1. The van der Waals surface area contributed by atoms with Crippen LogP contribution in [-0.4, -0.2) is 36.2 Å². The first-order valence-corrected chi connectivity index (χ1v) is 10.6. The molecule has 160 valence electrons. The minimum Gasteiger partial charge on any atom is -0.342 e. The summed E-state index contributed by atoms with van der Waals surface area (Å²) in [7, 11) is 0. The molecule has 1 N–H and O–H groups in total. The Bertz CT molecular complexity index is 1040. The van der Waals surface area contributed by atoms with Crippen LogP contribution in [0.25, 0.3) is 5.65 Å². The van der Waals surface area contributed by atoms with Gasteiger partial charge in [0.25, 0.3) is 5.91 Å². The van der Waals surface area contributed by atoms with Gasteiger partial charge in [-0.2, -0.15) is 10.2 Å². The number of nitrogens with one attached hydrogen (secondary N) is 1. The summed E-state index contributed by atoms with van der Waals surface area (Å²) in [6.45, 7) is 2.45. The van der Waals surface area contributed by atoms with Gasteiger partial charge in [0.15, 0.2) is 5.65 Å². The van der Waals surface area contributed by atoms with E-state index in [1.165, 1.54) is 0 Å². The lowest BCUT2D eigenvalue weighted by Gasteiger charge is -2.33. The van der Waals surface area contributed by atoms with Crippen LogP contribution >= 0.6 is 11.6 Å². The van der Waals surface area contributed by atoms with Crippen LogP contribution in [0.3, 0.4) is 0 Å². The number of fused-ring (bicyclic) bond motifs is 1. The molecule has 1 atom stereocenters. The van der Waals surface area contributed by atoms with Crippen molar-refractivity contribution in [2.24, 2.45) is 5.92 Å². The molecule has 3 aromatic heterocycles. The first kappa shape index (κ1) is 20.7. The second-order valence-corrected chi connectivity index (χ2v) is 7.87. The van der Waals surface area contributed by atoms with Gasteiger partial charge in [0.1, 0.15) is 5.69 Å². The molecule has 1 fully saturated rings. The van der Waals surface area contributed by atoms with Crippen LogP contribution in [0.15, 0.2) is 30.6 Å². The van der Waals surface area contributed by atoms with E-state index in [0.717, 1.165) is 0 Å². The molecule has 10 heteroatoms. The van der Waals surface area contributed by atoms with E-state index in [1.54, 1.807) is 39.8 Å². The van der Waals surface area contributed by atoms with Gasteiger partial charge in [-0.3, -0.25) is 9.48 Å². The highest BCUT2D eigenvalue weighted by Crippen LogP contribution is 2.41. The third-order valence-corrected chi connectivity index (χ3v) is 5.89. The van der Waals surface area contributed by atoms with Crippen molar-refractivity contribution in [1.82, 2.24) is 29.7 Å². The smallest absolute Gasteiger partial charge is 0.270 e. The molecule has 3 heterocycles. The van der Waals surface area contributed by atoms with E-state index < -0.39 is 12.0 Å². The van der Waals surface area contributed by atoms with Gasteiger partial charge in [0.2, 0.25) is 5.92 Å². The SMILES string of the molecule is CCn1nccc1C(=O)NC(c1cn2nc(CCl)ccc2n1)C1CCC(F)(F)CC1. The maximum Gasteiger partial charge on any atom is 0.270 e. The Hall–Kier alpha value is -2.55. The molecule has 3 aromatic rings. The predicted octanol–water partition coefficient (Wildman–Crippen LogP) is 3.98. The topological polar surface area (TPSA) is 77.1 Å². The van der Waals surface area contributed by atoms with Gasteiger partial charge in [0, 0.05) is 25.6 Å². The highest BCUT2D eigenvalue weighted by Gasteiger charge is 2.39. The van der Waals surface area contributed by atoms with Crippen molar-refractivity contribution in [2.45, 2.75) is 57.0 Å². The quantitative estimate of drug-likeness (QED) is 0.593. The largest absolute Gasteiger partial charge is 0.342 e. The second-order valence-electron chi connectivity index (χ2n) is 7.60. The van der Waals surface area contributed by atoms with Gasteiger partial charge in [-0.05, 0) is 43.9 Å². The summed E-state index contributed by atoms with van der Waals surface area (Å²) in [5.74, 6) is -2.84. The molecule has 1 aliphatic carbocycles. The zero-order valence-corrected chi connectivity index (χ0v) is 17.3. The van der Waals surface area contributed by atoms with Gasteiger partial charge in [-0.1, -0.05) is 0 Å². The Morgan fingerprint density at radius 3 is 2.80 bits per heavy atom. The number of imidazole rings is 1. The summed E-state index contributed by atoms with van der Waals surface area (Å²) in [4.78, 5) is 17.6. The molecule has 4 rings (SSSR count). The number of amides is 1. The second kappa shape index (κ2) is 8.29. The summed E-state index contributed by atoms with van der Waals surface area (Å²) in [6.07, 6.45) is 3.52. The van der Waals surface area contributed by atoms with Crippen molar-refractivity contribution in [3.8, 4) is 0 Å². The Morgan fingerprint density at radius 1 is 1.33 bits per heavy atom. The van der Waals surface area contributed by atoms with E-state index in [2.05, 4.69) is 20.5 Å². The van der Waals surface area contributed by atoms with Crippen molar-refractivity contribution in [2.75, 3.05) is 0 Å². The molecule has 0 spiro atoms. The Balaban J connectivity index is 1.66. The van der Waals surface area contributed by atoms with Gasteiger partial charge in [0.05, 0.1) is 29.5 Å². The molecule has 0 saturated heterocycles. The molecular weight excluding hydrogens is 414 g/mol. The number of halogens is 3. The molecule has 1 saturated carbocycles. The molecular formula is C20H23ClF2N6O. The van der Waals surface area contributed by atoms with E-state index in [-0.39, 0.29) is 30.5 Å². The monoisotopic (exact) mass is 436 g/mol. The number of aromatic nitrogens is 5. The molecule has 0 bridgehead atoms. The Kier molecular flexibility index (Phi) is 5.73. The normalized spacial score (nSPS) is 17.9. The van der Waals surface area contributed by atoms with Crippen LogP contribution in [0.2, 0.25) is 0 Å². The fourth-order valence-electron chi connectivity index (χ4n) is 3.98. The molecule has 1 unspecified atom stereocenters. The van der Waals surface area contributed by atoms with Crippen LogP contribution < -0.4 is 5.32 Å². The molecule has 30 heavy (non-hydrogen) atoms. The molecule has 0 aromatic carbocycles. The number of hydrogen-bond donors (Lipinski definition) is 1. The van der Waals surface area contributed by atoms with E-state index in [9.17, 15) is 13.6 Å². The third kappa shape index (κ3) is 4.16. The van der Waals surface area contributed by atoms with Crippen LogP contribution in [0, 0.1) is 5.92 Å². The fourth-order valence-corrected chi connectivity index (χ4v) is 4.13. The van der Waals surface area contributed by atoms with Gasteiger partial charge < -0.3 is 5.32 Å². The van der Waals surface area contributed by atoms with Crippen molar-refractivity contribution in [1.29, 1.82) is 0 Å². The van der Waals surface area contributed by atoms with Crippen molar-refractivity contribution >= 4 is 23.2 Å². The van der Waals surface area contributed by atoms with Gasteiger partial charge in [-0.15, -0.1) is 11.6 Å². The summed E-state index contributed by atoms with van der Waals surface area (Å²) in [5.41, 5.74) is 2.33. The van der Waals surface area contributed by atoms with E-state index >= 15 is 0 Å². The Labute approximate surface area is 177 Å². The average molecular weight is 437 g/mol. The number of carbonyl (C=O) groups excluding carboxylic acids is 1. The van der Waals surface area contributed by atoms with E-state index in [1.807, 2.05) is 6.92 Å². The molecule has 0 aliphatic heterocycles. The van der Waals surface area contributed by atoms with Crippen LogP contribution in [-0.2, 0) is 12.4 Å². The van der Waals surface area contributed by atoms with Crippen molar-refractivity contribution in [3.05, 3.63) is 47.7 Å². The lowest BCUT2D eigenvalue weighted by molar-refractivity contribution is -0.0495. The molecule has 1 aliphatic rings. The zero-order chi connectivity index (χ0) is 21.3. The first-order chi connectivity index (χ1) is 14.4. The maximum atomic E-state index is 13.7. The summed E-state index contributed by atoms with van der Waals surface area (Å²) in [5, 5.41) is 11.6. The standard InChI is InChI=1S/C20H23ClF2N6O/c1-2-28-16(7-10-24-28)19(30)26-18(13-5-8-20(22,23)9-6-13)15-12-29-17(25-15)4-3-14(11-21)27-29/h3-4,7,10,12-13,18H,2,5-6,8-9,11H2,1H3,(H,26,30). The number of hydrogen-bond acceptors (Lipinski definition) is 4. The van der Waals surface area contributed by atoms with Gasteiger partial charge >= 0.3 is 0 Å². The molecule has 0 radical (unpaired) electrons.